The van der Waals surface area contributed by atoms with Crippen LogP contribution in [0.15, 0.2) is 12.2 Å². The Morgan fingerprint density at radius 3 is 1.15 bits per heavy atom. The fourth-order valence-corrected chi connectivity index (χ4v) is 2.44. The van der Waals surface area contributed by atoms with Gasteiger partial charge in [-0.15, -0.1) is 0 Å². The van der Waals surface area contributed by atoms with Crippen molar-refractivity contribution in [2.24, 2.45) is 0 Å². The predicted octanol–water partition coefficient (Wildman–Crippen LogP) is 5.26. The van der Waals surface area contributed by atoms with Gasteiger partial charge in [0.2, 0.25) is 0 Å². The van der Waals surface area contributed by atoms with E-state index in [1.807, 2.05) is 0 Å². The number of carboxylic acids is 3. The topological polar surface area (TPSA) is 112 Å². The van der Waals surface area contributed by atoms with E-state index >= 15 is 0 Å². The van der Waals surface area contributed by atoms with E-state index in [2.05, 4.69) is 6.92 Å². The smallest absolute Gasteiger partial charge is 0.328 e. The second kappa shape index (κ2) is 21.2. The average molecular weight is 373 g/mol. The van der Waals surface area contributed by atoms with Crippen LogP contribution < -0.4 is 0 Å². The predicted molar refractivity (Wildman–Crippen MR) is 102 cm³/mol. The van der Waals surface area contributed by atoms with Crippen molar-refractivity contribution in [3.8, 4) is 0 Å². The summed E-state index contributed by atoms with van der Waals surface area (Å²) in [7, 11) is 0. The monoisotopic (exact) mass is 372 g/mol. The molecule has 26 heavy (non-hydrogen) atoms. The fraction of sp³-hybridized carbons (Fsp3) is 0.750. The van der Waals surface area contributed by atoms with Crippen molar-refractivity contribution in [3.63, 3.8) is 0 Å². The van der Waals surface area contributed by atoms with Crippen LogP contribution in [-0.2, 0) is 14.4 Å². The van der Waals surface area contributed by atoms with E-state index in [1.165, 1.54) is 70.6 Å². The lowest BCUT2D eigenvalue weighted by Crippen LogP contribution is -1.93. The molecule has 6 nitrogen and oxygen atoms in total. The van der Waals surface area contributed by atoms with Crippen molar-refractivity contribution in [2.45, 2.75) is 96.8 Å². The summed E-state index contributed by atoms with van der Waals surface area (Å²) in [5, 5.41) is 24.1. The number of carbonyl (C=O) groups is 3. The Labute approximate surface area is 157 Å². The van der Waals surface area contributed by atoms with Gasteiger partial charge in [-0.25, -0.2) is 9.59 Å². The zero-order chi connectivity index (χ0) is 20.0. The first-order valence-corrected chi connectivity index (χ1v) is 9.75. The molecule has 0 aliphatic rings. The summed E-state index contributed by atoms with van der Waals surface area (Å²) in [5.74, 6) is -3.17. The summed E-state index contributed by atoms with van der Waals surface area (Å²) in [6, 6.07) is 0. The Morgan fingerprint density at radius 2 is 0.885 bits per heavy atom. The molecule has 0 aliphatic heterocycles. The summed E-state index contributed by atoms with van der Waals surface area (Å²) < 4.78 is 0. The minimum Gasteiger partial charge on any atom is -0.481 e. The van der Waals surface area contributed by atoms with Gasteiger partial charge in [0.1, 0.15) is 0 Å². The molecule has 0 aromatic rings. The zero-order valence-electron chi connectivity index (χ0n) is 16.1. The Kier molecular flexibility index (Phi) is 21.5. The summed E-state index contributed by atoms with van der Waals surface area (Å²) >= 11 is 0. The van der Waals surface area contributed by atoms with Crippen molar-refractivity contribution in [1.82, 2.24) is 0 Å². The Hall–Kier alpha value is -1.85. The standard InChI is InChI=1S/C16H32O2.C4H4O4/c1-2-3-4-5-6-7-8-9-10-11-12-13-14-15-16(17)18;5-3(6)1-2-4(7)8/h2-15H2,1H3,(H,17,18);1-2H,(H,5,6)(H,7,8)/b;2-1-. The van der Waals surface area contributed by atoms with Gasteiger partial charge in [-0.05, 0) is 6.42 Å². The van der Waals surface area contributed by atoms with E-state index in [0.717, 1.165) is 12.8 Å². The van der Waals surface area contributed by atoms with Crippen LogP contribution in [0.3, 0.4) is 0 Å². The molecule has 0 unspecified atom stereocenters. The second-order valence-electron chi connectivity index (χ2n) is 6.40. The van der Waals surface area contributed by atoms with Crippen LogP contribution in [-0.4, -0.2) is 33.2 Å². The summed E-state index contributed by atoms with van der Waals surface area (Å²) in [6.07, 6.45) is 18.4. The lowest BCUT2D eigenvalue weighted by atomic mass is 10.0. The van der Waals surface area contributed by atoms with Crippen LogP contribution in [0.2, 0.25) is 0 Å². The number of hydrogen-bond acceptors (Lipinski definition) is 3. The maximum absolute atomic E-state index is 10.3. The number of unbranched alkanes of at least 4 members (excludes halogenated alkanes) is 12. The summed E-state index contributed by atoms with van der Waals surface area (Å²) in [5.41, 5.74) is 0. The maximum atomic E-state index is 10.3. The molecule has 6 heteroatoms. The van der Waals surface area contributed by atoms with E-state index < -0.39 is 17.9 Å². The molecule has 152 valence electrons. The van der Waals surface area contributed by atoms with Crippen molar-refractivity contribution in [2.75, 3.05) is 0 Å². The van der Waals surface area contributed by atoms with Crippen molar-refractivity contribution in [3.05, 3.63) is 12.2 Å². The number of aliphatic carboxylic acids is 3. The highest BCUT2D eigenvalue weighted by molar-refractivity contribution is 5.89. The summed E-state index contributed by atoms with van der Waals surface area (Å²) in [4.78, 5) is 29.4. The van der Waals surface area contributed by atoms with Crippen molar-refractivity contribution < 1.29 is 29.7 Å². The largest absolute Gasteiger partial charge is 0.481 e. The van der Waals surface area contributed by atoms with Crippen LogP contribution in [0.25, 0.3) is 0 Å². The molecule has 0 atom stereocenters. The molecule has 0 aliphatic carbocycles. The minimum absolute atomic E-state index is 0.345. The molecule has 0 saturated heterocycles. The highest BCUT2D eigenvalue weighted by Crippen LogP contribution is 2.12. The van der Waals surface area contributed by atoms with Crippen LogP contribution in [0.1, 0.15) is 96.8 Å². The molecule has 0 saturated carbocycles. The van der Waals surface area contributed by atoms with E-state index in [-0.39, 0.29) is 0 Å². The van der Waals surface area contributed by atoms with Gasteiger partial charge in [0, 0.05) is 18.6 Å². The van der Waals surface area contributed by atoms with Gasteiger partial charge in [-0.3, -0.25) is 4.79 Å². The van der Waals surface area contributed by atoms with E-state index in [1.54, 1.807) is 0 Å². The number of hydrogen-bond donors (Lipinski definition) is 3. The first-order valence-electron chi connectivity index (χ1n) is 9.75. The van der Waals surface area contributed by atoms with E-state index in [0.29, 0.717) is 18.6 Å². The highest BCUT2D eigenvalue weighted by atomic mass is 16.4. The fourth-order valence-electron chi connectivity index (χ4n) is 2.44. The molecule has 0 heterocycles. The van der Waals surface area contributed by atoms with Crippen LogP contribution in [0.5, 0.6) is 0 Å². The maximum Gasteiger partial charge on any atom is 0.328 e. The van der Waals surface area contributed by atoms with E-state index in [4.69, 9.17) is 15.3 Å². The molecule has 0 radical (unpaired) electrons. The number of rotatable bonds is 16. The molecule has 0 aromatic carbocycles. The molecule has 0 fully saturated rings. The lowest BCUT2D eigenvalue weighted by Gasteiger charge is -2.02. The van der Waals surface area contributed by atoms with Crippen LogP contribution in [0.4, 0.5) is 0 Å². The van der Waals surface area contributed by atoms with Gasteiger partial charge in [0.15, 0.2) is 0 Å². The Morgan fingerprint density at radius 1 is 0.577 bits per heavy atom. The highest BCUT2D eigenvalue weighted by Gasteiger charge is 1.96. The Bertz CT molecular complexity index is 374. The minimum atomic E-state index is -1.26. The third kappa shape index (κ3) is 30.1. The average Bonchev–Trinajstić information content (AvgIpc) is 2.57. The third-order valence-electron chi connectivity index (χ3n) is 3.86. The first kappa shape index (κ1) is 26.4. The molecular weight excluding hydrogens is 336 g/mol. The first-order chi connectivity index (χ1) is 12.4. The molecule has 0 spiro atoms. The SMILES string of the molecule is CCCCCCCCCCCCCCCC(=O)O.O=C(O)/C=C\C(=O)O. The van der Waals surface area contributed by atoms with Gasteiger partial charge >= 0.3 is 17.9 Å². The Balaban J connectivity index is 0. The molecule has 0 amide bonds. The van der Waals surface area contributed by atoms with E-state index in [9.17, 15) is 14.4 Å². The zero-order valence-corrected chi connectivity index (χ0v) is 16.1. The number of carboxylic acid groups (broad SMARTS) is 3. The normalized spacial score (nSPS) is 10.3. The van der Waals surface area contributed by atoms with Gasteiger partial charge in [0.25, 0.3) is 0 Å². The van der Waals surface area contributed by atoms with Crippen LogP contribution >= 0.6 is 0 Å². The molecule has 3 N–H and O–H groups in total. The summed E-state index contributed by atoms with van der Waals surface area (Å²) in [6.45, 7) is 2.26. The lowest BCUT2D eigenvalue weighted by molar-refractivity contribution is -0.137. The molecule has 0 rings (SSSR count). The quantitative estimate of drug-likeness (QED) is 0.251. The third-order valence-corrected chi connectivity index (χ3v) is 3.86. The van der Waals surface area contributed by atoms with Crippen molar-refractivity contribution >= 4 is 17.9 Å². The van der Waals surface area contributed by atoms with Gasteiger partial charge < -0.3 is 15.3 Å². The van der Waals surface area contributed by atoms with Crippen LogP contribution in [0, 0.1) is 0 Å². The van der Waals surface area contributed by atoms with Crippen molar-refractivity contribution in [1.29, 1.82) is 0 Å². The van der Waals surface area contributed by atoms with Gasteiger partial charge in [-0.2, -0.15) is 0 Å². The molecular formula is C20H36O6. The van der Waals surface area contributed by atoms with Gasteiger partial charge in [0.05, 0.1) is 0 Å². The molecule has 0 aromatic heterocycles. The molecule has 0 bridgehead atoms. The van der Waals surface area contributed by atoms with Gasteiger partial charge in [-0.1, -0.05) is 84.0 Å². The second-order valence-corrected chi connectivity index (χ2v) is 6.40.